The van der Waals surface area contributed by atoms with Crippen LogP contribution in [0.15, 0.2) is 48.5 Å². The quantitative estimate of drug-likeness (QED) is 0.799. The van der Waals surface area contributed by atoms with E-state index >= 15 is 0 Å². The average molecular weight is 377 g/mol. The van der Waals surface area contributed by atoms with E-state index in [0.29, 0.717) is 6.54 Å². The van der Waals surface area contributed by atoms with Crippen molar-refractivity contribution in [2.45, 2.75) is 25.6 Å². The highest BCUT2D eigenvalue weighted by Crippen LogP contribution is 2.30. The highest BCUT2D eigenvalue weighted by molar-refractivity contribution is 5.80. The molecule has 1 aliphatic heterocycles. The molecule has 0 atom stereocenters. The van der Waals surface area contributed by atoms with Crippen LogP contribution in [0.1, 0.15) is 24.0 Å². The molecule has 4 nitrogen and oxygen atoms in total. The number of benzene rings is 2. The number of anilines is 2. The summed E-state index contributed by atoms with van der Waals surface area (Å²) in [5.41, 5.74) is 1.68. The zero-order valence-corrected chi connectivity index (χ0v) is 14.9. The molecule has 27 heavy (non-hydrogen) atoms. The van der Waals surface area contributed by atoms with Gasteiger partial charge >= 0.3 is 6.18 Å². The lowest BCUT2D eigenvalue weighted by Crippen LogP contribution is -2.29. The van der Waals surface area contributed by atoms with Gasteiger partial charge in [-0.2, -0.15) is 13.2 Å². The largest absolute Gasteiger partial charge is 0.416 e. The van der Waals surface area contributed by atoms with Crippen LogP contribution in [0.4, 0.5) is 24.5 Å². The number of amides is 1. The van der Waals surface area contributed by atoms with Gasteiger partial charge in [-0.15, -0.1) is 0 Å². The Morgan fingerprint density at radius 3 is 2.41 bits per heavy atom. The number of rotatable bonds is 6. The number of hydrogen-bond donors (Lipinski definition) is 2. The molecular formula is C20H22F3N3O. The van der Waals surface area contributed by atoms with E-state index < -0.39 is 11.7 Å². The van der Waals surface area contributed by atoms with Crippen LogP contribution in [0.25, 0.3) is 0 Å². The van der Waals surface area contributed by atoms with Gasteiger partial charge in [-0.1, -0.05) is 18.2 Å². The van der Waals surface area contributed by atoms with E-state index in [0.717, 1.165) is 30.8 Å². The zero-order valence-electron chi connectivity index (χ0n) is 14.9. The van der Waals surface area contributed by atoms with Gasteiger partial charge in [-0.25, -0.2) is 0 Å². The molecule has 2 aromatic carbocycles. The number of nitrogens with one attached hydrogen (secondary N) is 2. The minimum atomic E-state index is -4.40. The Labute approximate surface area is 156 Å². The molecule has 0 spiro atoms. The molecule has 7 heteroatoms. The van der Waals surface area contributed by atoms with Gasteiger partial charge in [0.1, 0.15) is 0 Å². The molecule has 144 valence electrons. The summed E-state index contributed by atoms with van der Waals surface area (Å²) in [5.74, 6) is -0.281. The van der Waals surface area contributed by atoms with E-state index in [1.54, 1.807) is 0 Å². The summed E-state index contributed by atoms with van der Waals surface area (Å²) in [6, 6.07) is 12.9. The Hall–Kier alpha value is -2.70. The molecule has 0 unspecified atom stereocenters. The van der Waals surface area contributed by atoms with E-state index in [1.807, 2.05) is 24.3 Å². The third-order valence-electron chi connectivity index (χ3n) is 4.54. The molecule has 0 aliphatic carbocycles. The molecule has 0 radical (unpaired) electrons. The molecule has 1 fully saturated rings. The number of carbonyl (C=O) groups is 1. The highest BCUT2D eigenvalue weighted by Gasteiger charge is 2.30. The SMILES string of the molecule is O=C(CNc1cccc(C(F)(F)F)c1)NCc1ccc(N2CCCC2)cc1. The van der Waals surface area contributed by atoms with Crippen LogP contribution in [-0.2, 0) is 17.5 Å². The van der Waals surface area contributed by atoms with Crippen molar-refractivity contribution < 1.29 is 18.0 Å². The predicted octanol–water partition coefficient (Wildman–Crippen LogP) is 4.03. The number of hydrogen-bond acceptors (Lipinski definition) is 3. The molecule has 2 N–H and O–H groups in total. The average Bonchev–Trinajstić information content (AvgIpc) is 3.19. The van der Waals surface area contributed by atoms with Crippen molar-refractivity contribution in [1.82, 2.24) is 5.32 Å². The molecular weight excluding hydrogens is 355 g/mol. The van der Waals surface area contributed by atoms with Crippen LogP contribution in [0.3, 0.4) is 0 Å². The monoisotopic (exact) mass is 377 g/mol. The first-order valence-corrected chi connectivity index (χ1v) is 8.93. The first-order chi connectivity index (χ1) is 12.9. The summed E-state index contributed by atoms with van der Waals surface area (Å²) < 4.78 is 38.1. The first kappa shape index (κ1) is 19.1. The Morgan fingerprint density at radius 1 is 1.04 bits per heavy atom. The highest BCUT2D eigenvalue weighted by atomic mass is 19.4. The van der Waals surface area contributed by atoms with Crippen LogP contribution in [0, 0.1) is 0 Å². The van der Waals surface area contributed by atoms with Crippen LogP contribution < -0.4 is 15.5 Å². The molecule has 0 aromatic heterocycles. The molecule has 1 amide bonds. The van der Waals surface area contributed by atoms with Crippen molar-refractivity contribution >= 4 is 17.3 Å². The van der Waals surface area contributed by atoms with Gasteiger partial charge in [0.25, 0.3) is 0 Å². The normalized spacial score (nSPS) is 14.3. The molecule has 1 aliphatic rings. The lowest BCUT2D eigenvalue weighted by atomic mass is 10.2. The summed E-state index contributed by atoms with van der Waals surface area (Å²) in [6.07, 6.45) is -1.96. The van der Waals surface area contributed by atoms with Gasteiger partial charge in [-0.05, 0) is 48.7 Å². The molecule has 1 heterocycles. The van der Waals surface area contributed by atoms with Gasteiger partial charge in [0.05, 0.1) is 12.1 Å². The van der Waals surface area contributed by atoms with Crippen molar-refractivity contribution in [3.8, 4) is 0 Å². The van der Waals surface area contributed by atoms with E-state index in [4.69, 9.17) is 0 Å². The smallest absolute Gasteiger partial charge is 0.376 e. The maximum atomic E-state index is 12.7. The Bertz CT molecular complexity index is 769. The van der Waals surface area contributed by atoms with E-state index in [-0.39, 0.29) is 18.1 Å². The van der Waals surface area contributed by atoms with Crippen LogP contribution in [0.5, 0.6) is 0 Å². The van der Waals surface area contributed by atoms with Crippen LogP contribution in [-0.4, -0.2) is 25.5 Å². The fourth-order valence-electron chi connectivity index (χ4n) is 3.05. The summed E-state index contributed by atoms with van der Waals surface area (Å²) in [6.45, 7) is 2.45. The van der Waals surface area contributed by atoms with Gasteiger partial charge in [0, 0.05) is 31.0 Å². The zero-order chi connectivity index (χ0) is 19.3. The van der Waals surface area contributed by atoms with Gasteiger partial charge in [0.15, 0.2) is 0 Å². The fourth-order valence-corrected chi connectivity index (χ4v) is 3.05. The van der Waals surface area contributed by atoms with E-state index in [2.05, 4.69) is 15.5 Å². The van der Waals surface area contributed by atoms with Gasteiger partial charge < -0.3 is 15.5 Å². The molecule has 1 saturated heterocycles. The standard InChI is InChI=1S/C20H22F3N3O/c21-20(22,23)16-4-3-5-17(12-16)24-14-19(27)25-13-15-6-8-18(9-7-15)26-10-1-2-11-26/h3-9,12,24H,1-2,10-11,13-14H2,(H,25,27). The lowest BCUT2D eigenvalue weighted by Gasteiger charge is -2.17. The summed E-state index contributed by atoms with van der Waals surface area (Å²) in [7, 11) is 0. The summed E-state index contributed by atoms with van der Waals surface area (Å²) >= 11 is 0. The first-order valence-electron chi connectivity index (χ1n) is 8.93. The van der Waals surface area contributed by atoms with Crippen molar-refractivity contribution in [2.75, 3.05) is 29.9 Å². The predicted molar refractivity (Wildman–Crippen MR) is 99.7 cm³/mol. The minimum absolute atomic E-state index is 0.0901. The second-order valence-electron chi connectivity index (χ2n) is 6.57. The fraction of sp³-hybridized carbons (Fsp3) is 0.350. The Balaban J connectivity index is 1.46. The van der Waals surface area contributed by atoms with Crippen molar-refractivity contribution in [1.29, 1.82) is 0 Å². The van der Waals surface area contributed by atoms with Crippen molar-refractivity contribution in [2.24, 2.45) is 0 Å². The maximum Gasteiger partial charge on any atom is 0.416 e. The minimum Gasteiger partial charge on any atom is -0.376 e. The van der Waals surface area contributed by atoms with Crippen molar-refractivity contribution in [3.05, 3.63) is 59.7 Å². The summed E-state index contributed by atoms with van der Waals surface area (Å²) in [4.78, 5) is 14.3. The van der Waals surface area contributed by atoms with Gasteiger partial charge in [-0.3, -0.25) is 4.79 Å². The Morgan fingerprint density at radius 2 is 1.74 bits per heavy atom. The number of alkyl halides is 3. The van der Waals surface area contributed by atoms with Gasteiger partial charge in [0.2, 0.25) is 5.91 Å². The van der Waals surface area contributed by atoms with E-state index in [9.17, 15) is 18.0 Å². The number of carbonyl (C=O) groups excluding carboxylic acids is 1. The van der Waals surface area contributed by atoms with Crippen LogP contribution in [0.2, 0.25) is 0 Å². The second kappa shape index (κ2) is 8.33. The molecule has 0 bridgehead atoms. The van der Waals surface area contributed by atoms with E-state index in [1.165, 1.54) is 30.7 Å². The third kappa shape index (κ3) is 5.39. The topological polar surface area (TPSA) is 44.4 Å². The molecule has 0 saturated carbocycles. The number of nitrogens with zero attached hydrogens (tertiary/aromatic N) is 1. The second-order valence-corrected chi connectivity index (χ2v) is 6.57. The Kier molecular flexibility index (Phi) is 5.88. The summed E-state index contributed by atoms with van der Waals surface area (Å²) in [5, 5.41) is 5.49. The molecule has 2 aromatic rings. The molecule has 3 rings (SSSR count). The number of halogens is 3. The maximum absolute atomic E-state index is 12.7. The van der Waals surface area contributed by atoms with Crippen molar-refractivity contribution in [3.63, 3.8) is 0 Å². The van der Waals surface area contributed by atoms with Crippen LogP contribution >= 0.6 is 0 Å². The third-order valence-corrected chi connectivity index (χ3v) is 4.54. The lowest BCUT2D eigenvalue weighted by molar-refractivity contribution is -0.137.